The molecule has 0 aromatic carbocycles. The third-order valence-corrected chi connectivity index (χ3v) is 2.25. The third-order valence-electron chi connectivity index (χ3n) is 2.04. The number of halogens is 1. The number of pyridine rings is 1. The Morgan fingerprint density at radius 2 is 2.33 bits per heavy atom. The van der Waals surface area contributed by atoms with Crippen molar-refractivity contribution in [2.75, 3.05) is 13.1 Å². The fourth-order valence-electron chi connectivity index (χ4n) is 1.33. The van der Waals surface area contributed by atoms with Crippen LogP contribution in [0.15, 0.2) is 18.2 Å². The van der Waals surface area contributed by atoms with E-state index in [2.05, 4.69) is 10.3 Å². The number of nitrogens with one attached hydrogen (secondary N) is 1. The number of amides is 3. The van der Waals surface area contributed by atoms with Crippen molar-refractivity contribution in [3.63, 3.8) is 0 Å². The van der Waals surface area contributed by atoms with E-state index in [1.54, 1.807) is 12.1 Å². The number of hydrogen-bond acceptors (Lipinski definition) is 3. The van der Waals surface area contributed by atoms with Gasteiger partial charge in [0, 0.05) is 13.1 Å². The molecule has 78 valence electrons. The zero-order valence-electron chi connectivity index (χ0n) is 7.74. The molecule has 2 heterocycles. The van der Waals surface area contributed by atoms with E-state index in [9.17, 15) is 9.59 Å². The van der Waals surface area contributed by atoms with Gasteiger partial charge in [-0.2, -0.15) is 0 Å². The van der Waals surface area contributed by atoms with Gasteiger partial charge in [0.2, 0.25) is 0 Å². The van der Waals surface area contributed by atoms with Gasteiger partial charge in [-0.3, -0.25) is 9.69 Å². The molecule has 6 heteroatoms. The van der Waals surface area contributed by atoms with E-state index in [0.29, 0.717) is 13.1 Å². The molecule has 2 rings (SSSR count). The number of rotatable bonds is 1. The molecule has 0 spiro atoms. The highest BCUT2D eigenvalue weighted by atomic mass is 35.5. The average Bonchev–Trinajstić information content (AvgIpc) is 2.63. The van der Waals surface area contributed by atoms with Gasteiger partial charge < -0.3 is 5.32 Å². The summed E-state index contributed by atoms with van der Waals surface area (Å²) in [6.45, 7) is 0.844. The number of aromatic nitrogens is 1. The highest BCUT2D eigenvalue weighted by Crippen LogP contribution is 2.09. The van der Waals surface area contributed by atoms with Gasteiger partial charge in [0.05, 0.1) is 0 Å². The Bertz CT molecular complexity index is 422. The van der Waals surface area contributed by atoms with Crippen molar-refractivity contribution in [1.82, 2.24) is 15.2 Å². The molecule has 0 unspecified atom stereocenters. The van der Waals surface area contributed by atoms with Crippen LogP contribution in [0.25, 0.3) is 0 Å². The maximum atomic E-state index is 11.8. The molecule has 1 saturated heterocycles. The summed E-state index contributed by atoms with van der Waals surface area (Å²) in [4.78, 5) is 27.9. The van der Waals surface area contributed by atoms with Crippen LogP contribution in [0.1, 0.15) is 10.5 Å². The first-order valence-corrected chi connectivity index (χ1v) is 4.78. The normalized spacial score (nSPS) is 15.3. The van der Waals surface area contributed by atoms with Gasteiger partial charge in [0.15, 0.2) is 0 Å². The predicted octanol–water partition coefficient (Wildman–Crippen LogP) is 0.900. The van der Waals surface area contributed by atoms with Crippen molar-refractivity contribution in [3.8, 4) is 0 Å². The van der Waals surface area contributed by atoms with Crippen molar-refractivity contribution in [2.24, 2.45) is 0 Å². The number of carbonyl (C=O) groups excluding carboxylic acids is 2. The monoisotopic (exact) mass is 225 g/mol. The summed E-state index contributed by atoms with van der Waals surface area (Å²) < 4.78 is 0. The molecule has 1 fully saturated rings. The fourth-order valence-corrected chi connectivity index (χ4v) is 1.49. The van der Waals surface area contributed by atoms with Crippen molar-refractivity contribution >= 4 is 23.5 Å². The lowest BCUT2D eigenvalue weighted by molar-refractivity contribution is 0.0824. The maximum Gasteiger partial charge on any atom is 0.324 e. The topological polar surface area (TPSA) is 62.3 Å². The molecule has 1 aliphatic rings. The second-order valence-corrected chi connectivity index (χ2v) is 3.42. The number of nitrogens with zero attached hydrogens (tertiary/aromatic N) is 2. The minimum Gasteiger partial charge on any atom is -0.336 e. The van der Waals surface area contributed by atoms with E-state index in [1.165, 1.54) is 6.07 Å². The van der Waals surface area contributed by atoms with Crippen LogP contribution in [0, 0.1) is 0 Å². The summed E-state index contributed by atoms with van der Waals surface area (Å²) in [5, 5.41) is 2.78. The molecule has 0 radical (unpaired) electrons. The molecule has 0 bridgehead atoms. The highest BCUT2D eigenvalue weighted by Gasteiger charge is 2.27. The SMILES string of the molecule is O=C1NCCN1C(=O)c1cccc(Cl)n1. The van der Waals surface area contributed by atoms with Gasteiger partial charge in [0.1, 0.15) is 10.8 Å². The summed E-state index contributed by atoms with van der Waals surface area (Å²) >= 11 is 5.65. The quantitative estimate of drug-likeness (QED) is 0.723. The number of imide groups is 1. The van der Waals surface area contributed by atoms with Crippen molar-refractivity contribution in [2.45, 2.75) is 0 Å². The van der Waals surface area contributed by atoms with Crippen molar-refractivity contribution < 1.29 is 9.59 Å². The molecular formula is C9H8ClN3O2. The Kier molecular flexibility index (Phi) is 2.55. The molecule has 15 heavy (non-hydrogen) atoms. The van der Waals surface area contributed by atoms with Crippen LogP contribution in [-0.4, -0.2) is 34.9 Å². The maximum absolute atomic E-state index is 11.8. The van der Waals surface area contributed by atoms with Gasteiger partial charge in [-0.1, -0.05) is 17.7 Å². The van der Waals surface area contributed by atoms with Gasteiger partial charge >= 0.3 is 6.03 Å². The molecule has 1 aromatic heterocycles. The largest absolute Gasteiger partial charge is 0.336 e. The molecule has 1 aromatic rings. The van der Waals surface area contributed by atoms with Crippen LogP contribution in [0.2, 0.25) is 5.15 Å². The number of hydrogen-bond donors (Lipinski definition) is 1. The first-order chi connectivity index (χ1) is 7.18. The Labute approximate surface area is 91.0 Å². The van der Waals surface area contributed by atoms with Gasteiger partial charge in [-0.25, -0.2) is 9.78 Å². The minimum absolute atomic E-state index is 0.180. The molecule has 0 saturated carbocycles. The molecule has 0 aliphatic carbocycles. The lowest BCUT2D eigenvalue weighted by Crippen LogP contribution is -2.34. The van der Waals surface area contributed by atoms with Crippen LogP contribution >= 0.6 is 11.6 Å². The number of carbonyl (C=O) groups is 2. The van der Waals surface area contributed by atoms with E-state index in [-0.39, 0.29) is 16.9 Å². The minimum atomic E-state index is -0.424. The Morgan fingerprint density at radius 3 is 2.93 bits per heavy atom. The second-order valence-electron chi connectivity index (χ2n) is 3.03. The lowest BCUT2D eigenvalue weighted by atomic mass is 10.3. The van der Waals surface area contributed by atoms with Crippen LogP contribution < -0.4 is 5.32 Å². The van der Waals surface area contributed by atoms with E-state index in [4.69, 9.17) is 11.6 Å². The summed E-state index contributed by atoms with van der Waals surface area (Å²) in [6.07, 6.45) is 0. The van der Waals surface area contributed by atoms with Crippen molar-refractivity contribution in [3.05, 3.63) is 29.0 Å². The Balaban J connectivity index is 2.24. The van der Waals surface area contributed by atoms with Gasteiger partial charge in [-0.05, 0) is 12.1 Å². The van der Waals surface area contributed by atoms with Crippen LogP contribution in [0.3, 0.4) is 0 Å². The van der Waals surface area contributed by atoms with Crippen LogP contribution in [-0.2, 0) is 0 Å². The summed E-state index contributed by atoms with van der Waals surface area (Å²) in [5.41, 5.74) is 0.180. The zero-order chi connectivity index (χ0) is 10.8. The lowest BCUT2D eigenvalue weighted by Gasteiger charge is -2.10. The first-order valence-electron chi connectivity index (χ1n) is 4.41. The summed E-state index contributed by atoms with van der Waals surface area (Å²) in [5.74, 6) is -0.424. The molecule has 1 aliphatic heterocycles. The van der Waals surface area contributed by atoms with E-state index >= 15 is 0 Å². The zero-order valence-corrected chi connectivity index (χ0v) is 8.49. The molecule has 1 N–H and O–H groups in total. The number of urea groups is 1. The van der Waals surface area contributed by atoms with Crippen molar-refractivity contribution in [1.29, 1.82) is 0 Å². The van der Waals surface area contributed by atoms with E-state index in [1.807, 2.05) is 0 Å². The van der Waals surface area contributed by atoms with Crippen LogP contribution in [0.5, 0.6) is 0 Å². The molecule has 0 atom stereocenters. The van der Waals surface area contributed by atoms with Crippen LogP contribution in [0.4, 0.5) is 4.79 Å². The Hall–Kier alpha value is -1.62. The highest BCUT2D eigenvalue weighted by molar-refractivity contribution is 6.29. The first kappa shape index (κ1) is 9.92. The molecular weight excluding hydrogens is 218 g/mol. The fraction of sp³-hybridized carbons (Fsp3) is 0.222. The Morgan fingerprint density at radius 1 is 1.53 bits per heavy atom. The van der Waals surface area contributed by atoms with Gasteiger partial charge in [0.25, 0.3) is 5.91 Å². The van der Waals surface area contributed by atoms with E-state index in [0.717, 1.165) is 4.90 Å². The summed E-state index contributed by atoms with van der Waals surface area (Å²) in [7, 11) is 0. The summed E-state index contributed by atoms with van der Waals surface area (Å²) in [6, 6.07) is 4.33. The van der Waals surface area contributed by atoms with Gasteiger partial charge in [-0.15, -0.1) is 0 Å². The molecule has 3 amide bonds. The standard InChI is InChI=1S/C9H8ClN3O2/c10-7-3-1-2-6(12-7)8(14)13-5-4-11-9(13)15/h1-3H,4-5H2,(H,11,15). The predicted molar refractivity (Wildman–Crippen MR) is 53.7 cm³/mol. The average molecular weight is 226 g/mol. The smallest absolute Gasteiger partial charge is 0.324 e. The molecule has 5 nitrogen and oxygen atoms in total. The third kappa shape index (κ3) is 1.92. The van der Waals surface area contributed by atoms with E-state index < -0.39 is 5.91 Å². The second kappa shape index (κ2) is 3.86.